The third-order valence-corrected chi connectivity index (χ3v) is 5.73. The first-order valence-corrected chi connectivity index (χ1v) is 9.25. The zero-order valence-corrected chi connectivity index (χ0v) is 14.3. The maximum atomic E-state index is 10.6. The van der Waals surface area contributed by atoms with Crippen molar-refractivity contribution < 1.29 is 9.84 Å². The maximum absolute atomic E-state index is 10.6. The molecule has 2 fully saturated rings. The number of nitrogens with zero attached hydrogens (tertiary/aromatic N) is 1. The Morgan fingerprint density at radius 1 is 1.25 bits per heavy atom. The number of aliphatic hydroxyl groups excluding tert-OH is 1. The second kappa shape index (κ2) is 8.11. The van der Waals surface area contributed by atoms with Crippen LogP contribution in [0, 0.1) is 17.2 Å². The van der Waals surface area contributed by atoms with Gasteiger partial charge < -0.3 is 15.2 Å². The number of rotatable bonds is 5. The topological polar surface area (TPSA) is 65.3 Å². The van der Waals surface area contributed by atoms with Crippen LogP contribution in [-0.4, -0.2) is 31.0 Å². The summed E-state index contributed by atoms with van der Waals surface area (Å²) in [6.07, 6.45) is 7.53. The summed E-state index contributed by atoms with van der Waals surface area (Å²) < 4.78 is 5.56. The summed E-state index contributed by atoms with van der Waals surface area (Å²) in [5, 5.41) is 23.5. The zero-order valence-electron chi connectivity index (χ0n) is 14.3. The van der Waals surface area contributed by atoms with Crippen LogP contribution >= 0.6 is 0 Å². The smallest absolute Gasteiger partial charge is 0.0991 e. The summed E-state index contributed by atoms with van der Waals surface area (Å²) in [6, 6.07) is 10.1. The van der Waals surface area contributed by atoms with E-state index < -0.39 is 0 Å². The molecule has 4 nitrogen and oxygen atoms in total. The van der Waals surface area contributed by atoms with Crippen LogP contribution in [0.4, 0.5) is 0 Å². The van der Waals surface area contributed by atoms with Crippen LogP contribution in [0.2, 0.25) is 0 Å². The Bertz CT molecular complexity index is 569. The molecule has 130 valence electrons. The fraction of sp³-hybridized carbons (Fsp3) is 0.650. The molecule has 0 bridgehead atoms. The second-order valence-electron chi connectivity index (χ2n) is 7.23. The number of aliphatic hydroxyl groups is 1. The van der Waals surface area contributed by atoms with Crippen LogP contribution in [-0.2, 0) is 10.3 Å². The molecule has 1 aliphatic heterocycles. The molecule has 1 saturated heterocycles. The number of nitriles is 1. The van der Waals surface area contributed by atoms with Gasteiger partial charge in [0.15, 0.2) is 0 Å². The highest BCUT2D eigenvalue weighted by molar-refractivity contribution is 5.36. The lowest BCUT2D eigenvalue weighted by molar-refractivity contribution is 0.0211. The first kappa shape index (κ1) is 17.4. The first-order chi connectivity index (χ1) is 11.7. The highest BCUT2D eigenvalue weighted by atomic mass is 16.5. The van der Waals surface area contributed by atoms with Gasteiger partial charge in [-0.15, -0.1) is 0 Å². The van der Waals surface area contributed by atoms with Gasteiger partial charge in [0, 0.05) is 25.3 Å². The van der Waals surface area contributed by atoms with E-state index in [9.17, 15) is 10.4 Å². The monoisotopic (exact) mass is 328 g/mol. The van der Waals surface area contributed by atoms with Gasteiger partial charge in [-0.2, -0.15) is 5.26 Å². The van der Waals surface area contributed by atoms with Crippen molar-refractivity contribution in [3.8, 4) is 6.07 Å². The van der Waals surface area contributed by atoms with Crippen LogP contribution in [0.3, 0.4) is 0 Å². The van der Waals surface area contributed by atoms with Crippen molar-refractivity contribution in [1.82, 2.24) is 5.32 Å². The van der Waals surface area contributed by atoms with E-state index in [4.69, 9.17) is 4.74 Å². The Hall–Kier alpha value is -1.41. The van der Waals surface area contributed by atoms with Crippen LogP contribution in [0.5, 0.6) is 0 Å². The van der Waals surface area contributed by atoms with Crippen molar-refractivity contribution in [3.63, 3.8) is 0 Å². The summed E-state index contributed by atoms with van der Waals surface area (Å²) in [4.78, 5) is 0. The third-order valence-electron chi connectivity index (χ3n) is 5.73. The van der Waals surface area contributed by atoms with E-state index >= 15 is 0 Å². The lowest BCUT2D eigenvalue weighted by Crippen LogP contribution is -2.50. The average Bonchev–Trinajstić information content (AvgIpc) is 2.67. The predicted octanol–water partition coefficient (Wildman–Crippen LogP) is 3.09. The van der Waals surface area contributed by atoms with Gasteiger partial charge in [-0.3, -0.25) is 0 Å². The number of hydrogen-bond donors (Lipinski definition) is 2. The highest BCUT2D eigenvalue weighted by Crippen LogP contribution is 2.33. The first-order valence-electron chi connectivity index (χ1n) is 9.25. The minimum atomic E-state index is -0.288. The SMILES string of the molecule is N#Cc1cccc(C2(NCC(O)C3CCCCC3)CCOCC2)c1. The predicted molar refractivity (Wildman–Crippen MR) is 93.5 cm³/mol. The fourth-order valence-corrected chi connectivity index (χ4v) is 4.16. The Morgan fingerprint density at radius 2 is 2.00 bits per heavy atom. The van der Waals surface area contributed by atoms with E-state index in [-0.39, 0.29) is 11.6 Å². The Balaban J connectivity index is 1.72. The minimum Gasteiger partial charge on any atom is -0.392 e. The van der Waals surface area contributed by atoms with E-state index in [0.29, 0.717) is 31.2 Å². The molecule has 2 N–H and O–H groups in total. The largest absolute Gasteiger partial charge is 0.392 e. The molecular weight excluding hydrogens is 300 g/mol. The molecule has 1 saturated carbocycles. The minimum absolute atomic E-state index is 0.194. The molecule has 1 aromatic carbocycles. The van der Waals surface area contributed by atoms with Crippen molar-refractivity contribution in [1.29, 1.82) is 5.26 Å². The van der Waals surface area contributed by atoms with E-state index in [0.717, 1.165) is 31.2 Å². The van der Waals surface area contributed by atoms with Crippen molar-refractivity contribution >= 4 is 0 Å². The Morgan fingerprint density at radius 3 is 2.71 bits per heavy atom. The molecule has 1 aliphatic carbocycles. The Labute approximate surface area is 144 Å². The second-order valence-corrected chi connectivity index (χ2v) is 7.23. The van der Waals surface area contributed by atoms with Gasteiger partial charge in [0.1, 0.15) is 0 Å². The molecule has 0 amide bonds. The molecule has 0 spiro atoms. The van der Waals surface area contributed by atoms with E-state index in [2.05, 4.69) is 17.5 Å². The molecule has 1 heterocycles. The van der Waals surface area contributed by atoms with E-state index in [1.807, 2.05) is 18.2 Å². The summed E-state index contributed by atoms with van der Waals surface area (Å²) in [5.41, 5.74) is 1.63. The molecule has 4 heteroatoms. The van der Waals surface area contributed by atoms with Crippen LogP contribution in [0.25, 0.3) is 0 Å². The maximum Gasteiger partial charge on any atom is 0.0991 e. The number of hydrogen-bond acceptors (Lipinski definition) is 4. The van der Waals surface area contributed by atoms with Crippen molar-refractivity contribution in [3.05, 3.63) is 35.4 Å². The molecule has 0 aromatic heterocycles. The molecule has 1 unspecified atom stereocenters. The lowest BCUT2D eigenvalue weighted by atomic mass is 9.81. The summed E-state index contributed by atoms with van der Waals surface area (Å²) in [6.45, 7) is 2.04. The van der Waals surface area contributed by atoms with Gasteiger partial charge in [0.2, 0.25) is 0 Å². The highest BCUT2D eigenvalue weighted by Gasteiger charge is 2.35. The number of ether oxygens (including phenoxy) is 1. The standard InChI is InChI=1S/C20H28N2O2/c21-14-16-5-4-8-18(13-16)20(9-11-24-12-10-20)22-15-19(23)17-6-2-1-3-7-17/h4-5,8,13,17,19,22-23H,1-3,6-7,9-12,15H2. The van der Waals surface area contributed by atoms with E-state index in [1.54, 1.807) is 0 Å². The van der Waals surface area contributed by atoms with Crippen LogP contribution in [0.15, 0.2) is 24.3 Å². The van der Waals surface area contributed by atoms with Gasteiger partial charge in [-0.05, 0) is 49.3 Å². The van der Waals surface area contributed by atoms with Gasteiger partial charge >= 0.3 is 0 Å². The average molecular weight is 328 g/mol. The van der Waals surface area contributed by atoms with Crippen molar-refractivity contribution in [2.75, 3.05) is 19.8 Å². The summed E-state index contributed by atoms with van der Waals surface area (Å²) in [5.74, 6) is 0.425. The van der Waals surface area contributed by atoms with Gasteiger partial charge in [0.05, 0.1) is 17.7 Å². The van der Waals surface area contributed by atoms with Crippen LogP contribution < -0.4 is 5.32 Å². The quantitative estimate of drug-likeness (QED) is 0.872. The Kier molecular flexibility index (Phi) is 5.89. The van der Waals surface area contributed by atoms with E-state index in [1.165, 1.54) is 19.3 Å². The molecular formula is C20H28N2O2. The third kappa shape index (κ3) is 3.97. The number of benzene rings is 1. The molecule has 2 aliphatic rings. The fourth-order valence-electron chi connectivity index (χ4n) is 4.16. The molecule has 1 atom stereocenters. The van der Waals surface area contributed by atoms with Gasteiger partial charge in [-0.1, -0.05) is 31.4 Å². The number of nitrogens with one attached hydrogen (secondary N) is 1. The molecule has 24 heavy (non-hydrogen) atoms. The normalized spacial score (nSPS) is 22.7. The summed E-state index contributed by atoms with van der Waals surface area (Å²) >= 11 is 0. The lowest BCUT2D eigenvalue weighted by Gasteiger charge is -2.40. The molecule has 3 rings (SSSR count). The van der Waals surface area contributed by atoms with Crippen molar-refractivity contribution in [2.45, 2.75) is 56.6 Å². The van der Waals surface area contributed by atoms with Gasteiger partial charge in [0.25, 0.3) is 0 Å². The van der Waals surface area contributed by atoms with Crippen LogP contribution in [0.1, 0.15) is 56.1 Å². The zero-order chi connectivity index (χ0) is 16.8. The molecule has 1 aromatic rings. The summed E-state index contributed by atoms with van der Waals surface area (Å²) in [7, 11) is 0. The molecule has 0 radical (unpaired) electrons. The van der Waals surface area contributed by atoms with Crippen molar-refractivity contribution in [2.24, 2.45) is 5.92 Å². The van der Waals surface area contributed by atoms with Gasteiger partial charge in [-0.25, -0.2) is 0 Å².